The molecule has 0 aliphatic carbocycles. The van der Waals surface area contributed by atoms with Gasteiger partial charge in [0.2, 0.25) is 11.8 Å². The van der Waals surface area contributed by atoms with Crippen molar-refractivity contribution in [2.75, 3.05) is 26.2 Å². The van der Waals surface area contributed by atoms with Gasteiger partial charge in [-0.1, -0.05) is 0 Å². The molecule has 2 unspecified atom stereocenters. The Morgan fingerprint density at radius 2 is 1.85 bits per heavy atom. The second-order valence-corrected chi connectivity index (χ2v) is 3.55. The highest BCUT2D eigenvalue weighted by Gasteiger charge is 2.47. The van der Waals surface area contributed by atoms with Crippen molar-refractivity contribution in [2.24, 2.45) is 11.8 Å². The molecule has 0 saturated carbocycles. The number of carbonyl (C=O) groups excluding carboxylic acids is 2. The van der Waals surface area contributed by atoms with Crippen molar-refractivity contribution in [3.05, 3.63) is 0 Å². The van der Waals surface area contributed by atoms with Crippen molar-refractivity contribution >= 4 is 11.8 Å². The van der Waals surface area contributed by atoms with E-state index in [1.807, 2.05) is 4.90 Å². The Bertz CT molecular complexity index is 232. The Labute approximate surface area is 75.7 Å². The van der Waals surface area contributed by atoms with E-state index in [0.717, 1.165) is 0 Å². The fourth-order valence-corrected chi connectivity index (χ4v) is 2.05. The lowest BCUT2D eigenvalue weighted by atomic mass is 10.00. The van der Waals surface area contributed by atoms with Crippen LogP contribution in [0.2, 0.25) is 0 Å². The molecule has 2 aliphatic heterocycles. The number of fused-ring (bicyclic) bond motifs is 1. The molecular weight excluding hydrogens is 172 g/mol. The van der Waals surface area contributed by atoms with E-state index in [1.165, 1.54) is 0 Å². The Morgan fingerprint density at radius 1 is 1.31 bits per heavy atom. The molecule has 0 aromatic heterocycles. The molecule has 2 saturated heterocycles. The summed E-state index contributed by atoms with van der Waals surface area (Å²) in [5.74, 6) is -0.677. The Balaban J connectivity index is 2.04. The molecule has 5 heteroatoms. The number of hydrogen-bond donors (Lipinski definition) is 2. The van der Waals surface area contributed by atoms with Crippen LogP contribution >= 0.6 is 0 Å². The highest BCUT2D eigenvalue weighted by molar-refractivity contribution is 6.05. The first-order valence-corrected chi connectivity index (χ1v) is 4.40. The number of rotatable bonds is 2. The monoisotopic (exact) mass is 184 g/mol. The molecule has 0 bridgehead atoms. The van der Waals surface area contributed by atoms with Gasteiger partial charge < -0.3 is 5.11 Å². The van der Waals surface area contributed by atoms with Gasteiger partial charge in [-0.05, 0) is 0 Å². The highest BCUT2D eigenvalue weighted by atomic mass is 16.3. The summed E-state index contributed by atoms with van der Waals surface area (Å²) in [5.41, 5.74) is 0. The van der Waals surface area contributed by atoms with Crippen LogP contribution in [0.4, 0.5) is 0 Å². The van der Waals surface area contributed by atoms with Crippen LogP contribution < -0.4 is 5.32 Å². The zero-order valence-corrected chi connectivity index (χ0v) is 7.19. The predicted octanol–water partition coefficient (Wildman–Crippen LogP) is -1.82. The Hall–Kier alpha value is -0.940. The van der Waals surface area contributed by atoms with Crippen molar-refractivity contribution in [2.45, 2.75) is 0 Å². The van der Waals surface area contributed by atoms with Gasteiger partial charge in [0, 0.05) is 19.6 Å². The number of likely N-dealkylation sites (tertiary alicyclic amines) is 1. The summed E-state index contributed by atoms with van der Waals surface area (Å²) >= 11 is 0. The van der Waals surface area contributed by atoms with Crippen LogP contribution in [0.15, 0.2) is 0 Å². The Kier molecular flexibility index (Phi) is 2.05. The average molecular weight is 184 g/mol. The summed E-state index contributed by atoms with van der Waals surface area (Å²) in [6.45, 7) is 1.83. The largest absolute Gasteiger partial charge is 0.395 e. The first-order valence-electron chi connectivity index (χ1n) is 4.40. The SMILES string of the molecule is O=C1NC(=O)C2CN(CCO)CC12. The van der Waals surface area contributed by atoms with E-state index in [-0.39, 0.29) is 30.3 Å². The van der Waals surface area contributed by atoms with E-state index in [4.69, 9.17) is 5.11 Å². The normalized spacial score (nSPS) is 33.6. The molecule has 0 aromatic carbocycles. The number of aliphatic hydroxyl groups is 1. The number of imide groups is 1. The standard InChI is InChI=1S/C8H12N2O3/c11-2-1-10-3-5-6(4-10)8(13)9-7(5)12/h5-6,11H,1-4H2,(H,9,12,13). The third-order valence-electron chi connectivity index (χ3n) is 2.73. The third-order valence-corrected chi connectivity index (χ3v) is 2.73. The lowest BCUT2D eigenvalue weighted by Crippen LogP contribution is -2.32. The molecule has 2 N–H and O–H groups in total. The van der Waals surface area contributed by atoms with Gasteiger partial charge in [-0.25, -0.2) is 0 Å². The number of nitrogens with one attached hydrogen (secondary N) is 1. The fraction of sp³-hybridized carbons (Fsp3) is 0.750. The molecule has 2 amide bonds. The van der Waals surface area contributed by atoms with Gasteiger partial charge in [-0.3, -0.25) is 19.8 Å². The van der Waals surface area contributed by atoms with E-state index in [9.17, 15) is 9.59 Å². The molecule has 0 spiro atoms. The molecule has 2 heterocycles. The van der Waals surface area contributed by atoms with Gasteiger partial charge in [0.05, 0.1) is 18.4 Å². The molecule has 2 rings (SSSR count). The average Bonchev–Trinajstić information content (AvgIpc) is 2.57. The lowest BCUT2D eigenvalue weighted by Gasteiger charge is -2.13. The molecule has 5 nitrogen and oxygen atoms in total. The van der Waals surface area contributed by atoms with Gasteiger partial charge >= 0.3 is 0 Å². The van der Waals surface area contributed by atoms with Crippen LogP contribution in [0, 0.1) is 11.8 Å². The zero-order chi connectivity index (χ0) is 9.42. The van der Waals surface area contributed by atoms with Crippen LogP contribution in [0.5, 0.6) is 0 Å². The first-order chi connectivity index (χ1) is 6.22. The lowest BCUT2D eigenvalue weighted by molar-refractivity contribution is -0.126. The molecule has 0 aromatic rings. The van der Waals surface area contributed by atoms with Gasteiger partial charge in [-0.2, -0.15) is 0 Å². The van der Waals surface area contributed by atoms with E-state index in [2.05, 4.69) is 5.32 Å². The van der Waals surface area contributed by atoms with E-state index < -0.39 is 0 Å². The van der Waals surface area contributed by atoms with Crippen LogP contribution in [-0.4, -0.2) is 48.1 Å². The van der Waals surface area contributed by atoms with Crippen molar-refractivity contribution < 1.29 is 14.7 Å². The smallest absolute Gasteiger partial charge is 0.231 e. The van der Waals surface area contributed by atoms with Gasteiger partial charge in [0.1, 0.15) is 0 Å². The van der Waals surface area contributed by atoms with E-state index in [0.29, 0.717) is 19.6 Å². The fourth-order valence-electron chi connectivity index (χ4n) is 2.05. The van der Waals surface area contributed by atoms with Crippen LogP contribution in [0.3, 0.4) is 0 Å². The molecule has 0 radical (unpaired) electrons. The van der Waals surface area contributed by atoms with Crippen molar-refractivity contribution in [3.8, 4) is 0 Å². The summed E-state index contributed by atoms with van der Waals surface area (Å²) < 4.78 is 0. The molecule has 13 heavy (non-hydrogen) atoms. The molecule has 2 fully saturated rings. The second kappa shape index (κ2) is 3.08. The minimum Gasteiger partial charge on any atom is -0.395 e. The van der Waals surface area contributed by atoms with E-state index >= 15 is 0 Å². The van der Waals surface area contributed by atoms with Crippen LogP contribution in [0.1, 0.15) is 0 Å². The summed E-state index contributed by atoms with van der Waals surface area (Å²) in [6.07, 6.45) is 0. The Morgan fingerprint density at radius 3 is 2.31 bits per heavy atom. The van der Waals surface area contributed by atoms with Gasteiger partial charge in [-0.15, -0.1) is 0 Å². The maximum atomic E-state index is 11.2. The maximum Gasteiger partial charge on any atom is 0.231 e. The van der Waals surface area contributed by atoms with Gasteiger partial charge in [0.15, 0.2) is 0 Å². The predicted molar refractivity (Wildman–Crippen MR) is 43.7 cm³/mol. The minimum absolute atomic E-state index is 0.0786. The first kappa shape index (κ1) is 8.65. The molecule has 2 aliphatic rings. The summed E-state index contributed by atoms with van der Waals surface area (Å²) in [4.78, 5) is 24.3. The molecular formula is C8H12N2O3. The minimum atomic E-state index is -0.181. The zero-order valence-electron chi connectivity index (χ0n) is 7.19. The van der Waals surface area contributed by atoms with Crippen molar-refractivity contribution in [3.63, 3.8) is 0 Å². The number of carbonyl (C=O) groups is 2. The number of hydrogen-bond acceptors (Lipinski definition) is 4. The summed E-state index contributed by atoms with van der Waals surface area (Å²) in [7, 11) is 0. The van der Waals surface area contributed by atoms with Crippen LogP contribution in [-0.2, 0) is 9.59 Å². The van der Waals surface area contributed by atoms with Gasteiger partial charge in [0.25, 0.3) is 0 Å². The topological polar surface area (TPSA) is 69.6 Å². The maximum absolute atomic E-state index is 11.2. The van der Waals surface area contributed by atoms with Crippen LogP contribution in [0.25, 0.3) is 0 Å². The summed E-state index contributed by atoms with van der Waals surface area (Å²) in [6, 6.07) is 0. The number of amides is 2. The number of aliphatic hydroxyl groups excluding tert-OH is 1. The number of β-amino-alcohol motifs (C(OH)–C–C–N with tert-alkyl or cyclic N) is 1. The number of nitrogens with zero attached hydrogens (tertiary/aromatic N) is 1. The second-order valence-electron chi connectivity index (χ2n) is 3.55. The van der Waals surface area contributed by atoms with E-state index in [1.54, 1.807) is 0 Å². The molecule has 72 valence electrons. The highest BCUT2D eigenvalue weighted by Crippen LogP contribution is 2.27. The molecule has 2 atom stereocenters. The quantitative estimate of drug-likeness (QED) is 0.496. The van der Waals surface area contributed by atoms with Crippen molar-refractivity contribution in [1.29, 1.82) is 0 Å². The van der Waals surface area contributed by atoms with Crippen molar-refractivity contribution in [1.82, 2.24) is 10.2 Å². The third kappa shape index (κ3) is 1.34. The summed E-state index contributed by atoms with van der Waals surface area (Å²) in [5, 5.41) is 11.0.